The van der Waals surface area contributed by atoms with E-state index in [0.717, 1.165) is 10.5 Å². The van der Waals surface area contributed by atoms with Crippen molar-refractivity contribution in [3.05, 3.63) is 76.9 Å². The van der Waals surface area contributed by atoms with Gasteiger partial charge < -0.3 is 0 Å². The van der Waals surface area contributed by atoms with Crippen LogP contribution in [0.4, 0.5) is 0 Å². The van der Waals surface area contributed by atoms with Crippen LogP contribution in [-0.2, 0) is 0 Å². The van der Waals surface area contributed by atoms with E-state index in [4.69, 9.17) is 0 Å². The SMILES string of the molecule is CN1C(=O)c2ccc(C(=O)/C=C/c3ccccc3)cc2C1=O. The highest BCUT2D eigenvalue weighted by molar-refractivity contribution is 6.22. The van der Waals surface area contributed by atoms with Crippen molar-refractivity contribution in [1.29, 1.82) is 0 Å². The van der Waals surface area contributed by atoms with E-state index in [1.54, 1.807) is 12.1 Å². The zero-order chi connectivity index (χ0) is 15.7. The summed E-state index contributed by atoms with van der Waals surface area (Å²) in [4.78, 5) is 37.0. The topological polar surface area (TPSA) is 54.5 Å². The number of carbonyl (C=O) groups is 3. The molecule has 0 fully saturated rings. The molecule has 2 amide bonds. The lowest BCUT2D eigenvalue weighted by Crippen LogP contribution is -2.24. The van der Waals surface area contributed by atoms with Gasteiger partial charge in [-0.15, -0.1) is 0 Å². The van der Waals surface area contributed by atoms with Crippen molar-refractivity contribution in [3.8, 4) is 0 Å². The zero-order valence-corrected chi connectivity index (χ0v) is 11.9. The Balaban J connectivity index is 1.88. The predicted octanol–water partition coefficient (Wildman–Crippen LogP) is 2.81. The Morgan fingerprint density at radius 1 is 0.955 bits per heavy atom. The molecule has 0 bridgehead atoms. The number of imide groups is 1. The summed E-state index contributed by atoms with van der Waals surface area (Å²) in [6.07, 6.45) is 3.18. The molecule has 0 saturated carbocycles. The van der Waals surface area contributed by atoms with Crippen LogP contribution < -0.4 is 0 Å². The Labute approximate surface area is 127 Å². The summed E-state index contributed by atoms with van der Waals surface area (Å²) in [6.45, 7) is 0. The van der Waals surface area contributed by atoms with Gasteiger partial charge in [-0.25, -0.2) is 0 Å². The number of ketones is 1. The number of carbonyl (C=O) groups excluding carboxylic acids is 3. The van der Waals surface area contributed by atoms with E-state index in [9.17, 15) is 14.4 Å². The van der Waals surface area contributed by atoms with E-state index >= 15 is 0 Å². The highest BCUT2D eigenvalue weighted by atomic mass is 16.2. The molecular weight excluding hydrogens is 278 g/mol. The smallest absolute Gasteiger partial charge is 0.261 e. The third-order valence-corrected chi connectivity index (χ3v) is 3.60. The molecule has 22 heavy (non-hydrogen) atoms. The molecule has 0 aromatic heterocycles. The van der Waals surface area contributed by atoms with Gasteiger partial charge in [0, 0.05) is 12.6 Å². The Morgan fingerprint density at radius 2 is 1.64 bits per heavy atom. The highest BCUT2D eigenvalue weighted by Crippen LogP contribution is 2.23. The summed E-state index contributed by atoms with van der Waals surface area (Å²) in [6, 6.07) is 14.0. The zero-order valence-electron chi connectivity index (χ0n) is 11.9. The van der Waals surface area contributed by atoms with Crippen LogP contribution >= 0.6 is 0 Å². The minimum atomic E-state index is -0.373. The van der Waals surface area contributed by atoms with Crippen LogP contribution in [0, 0.1) is 0 Å². The van der Waals surface area contributed by atoms with Crippen molar-refractivity contribution < 1.29 is 14.4 Å². The Kier molecular flexibility index (Phi) is 3.43. The largest absolute Gasteiger partial charge is 0.289 e. The van der Waals surface area contributed by atoms with E-state index in [-0.39, 0.29) is 23.2 Å². The van der Waals surface area contributed by atoms with Crippen LogP contribution in [0.25, 0.3) is 6.08 Å². The number of amides is 2. The van der Waals surface area contributed by atoms with Gasteiger partial charge in [-0.05, 0) is 23.8 Å². The second-order valence-electron chi connectivity index (χ2n) is 5.04. The quantitative estimate of drug-likeness (QED) is 0.496. The molecule has 0 aliphatic carbocycles. The molecule has 0 saturated heterocycles. The normalized spacial score (nSPS) is 13.8. The summed E-state index contributed by atoms with van der Waals surface area (Å²) >= 11 is 0. The molecule has 0 N–H and O–H groups in total. The lowest BCUT2D eigenvalue weighted by molar-refractivity contribution is 0.0693. The van der Waals surface area contributed by atoms with Gasteiger partial charge in [0.2, 0.25) is 0 Å². The molecule has 0 radical (unpaired) electrons. The van der Waals surface area contributed by atoms with Crippen molar-refractivity contribution in [1.82, 2.24) is 4.90 Å². The van der Waals surface area contributed by atoms with Gasteiger partial charge in [-0.1, -0.05) is 42.5 Å². The first-order valence-electron chi connectivity index (χ1n) is 6.82. The lowest BCUT2D eigenvalue weighted by atomic mass is 10.0. The molecule has 2 aromatic rings. The maximum atomic E-state index is 12.2. The van der Waals surface area contributed by atoms with E-state index in [1.807, 2.05) is 30.3 Å². The molecule has 1 heterocycles. The molecule has 1 aliphatic rings. The standard InChI is InChI=1S/C18H13NO3/c1-19-17(21)14-9-8-13(11-15(14)18(19)22)16(20)10-7-12-5-3-2-4-6-12/h2-11H,1H3/b10-7+. The minimum absolute atomic E-state index is 0.207. The van der Waals surface area contributed by atoms with Crippen molar-refractivity contribution in [2.45, 2.75) is 0 Å². The second-order valence-corrected chi connectivity index (χ2v) is 5.04. The van der Waals surface area contributed by atoms with Crippen molar-refractivity contribution >= 4 is 23.7 Å². The highest BCUT2D eigenvalue weighted by Gasteiger charge is 2.32. The Bertz CT molecular complexity index is 806. The fraction of sp³-hybridized carbons (Fsp3) is 0.0556. The predicted molar refractivity (Wildman–Crippen MR) is 82.7 cm³/mol. The number of nitrogens with zero attached hydrogens (tertiary/aromatic N) is 1. The second kappa shape index (κ2) is 5.41. The molecular formula is C18H13NO3. The average molecular weight is 291 g/mol. The van der Waals surface area contributed by atoms with Gasteiger partial charge in [0.1, 0.15) is 0 Å². The molecule has 108 valence electrons. The Morgan fingerprint density at radius 3 is 2.36 bits per heavy atom. The monoisotopic (exact) mass is 291 g/mol. The first-order valence-corrected chi connectivity index (χ1v) is 6.82. The maximum absolute atomic E-state index is 12.2. The number of allylic oxidation sites excluding steroid dienone is 1. The molecule has 1 aliphatic heterocycles. The number of hydrogen-bond donors (Lipinski definition) is 0. The fourth-order valence-corrected chi connectivity index (χ4v) is 2.35. The van der Waals surface area contributed by atoms with E-state index in [0.29, 0.717) is 11.1 Å². The van der Waals surface area contributed by atoms with Crippen molar-refractivity contribution in [2.24, 2.45) is 0 Å². The number of rotatable bonds is 3. The van der Waals surface area contributed by atoms with E-state index < -0.39 is 0 Å². The van der Waals surface area contributed by atoms with Crippen LogP contribution in [-0.4, -0.2) is 29.5 Å². The van der Waals surface area contributed by atoms with Crippen molar-refractivity contribution in [2.75, 3.05) is 7.05 Å². The minimum Gasteiger partial charge on any atom is -0.289 e. The van der Waals surface area contributed by atoms with Gasteiger partial charge >= 0.3 is 0 Å². The first kappa shape index (κ1) is 13.9. The average Bonchev–Trinajstić information content (AvgIpc) is 2.78. The summed E-state index contributed by atoms with van der Waals surface area (Å²) in [7, 11) is 1.43. The summed E-state index contributed by atoms with van der Waals surface area (Å²) in [5.74, 6) is -0.915. The van der Waals surface area contributed by atoms with E-state index in [1.165, 1.54) is 25.3 Å². The third-order valence-electron chi connectivity index (χ3n) is 3.60. The molecule has 3 rings (SSSR count). The molecule has 2 aromatic carbocycles. The maximum Gasteiger partial charge on any atom is 0.261 e. The van der Waals surface area contributed by atoms with Gasteiger partial charge in [0.25, 0.3) is 11.8 Å². The summed E-state index contributed by atoms with van der Waals surface area (Å²) in [5, 5.41) is 0. The molecule has 4 heteroatoms. The van der Waals surface area contributed by atoms with Gasteiger partial charge in [0.15, 0.2) is 5.78 Å². The van der Waals surface area contributed by atoms with Crippen LogP contribution in [0.5, 0.6) is 0 Å². The lowest BCUT2D eigenvalue weighted by Gasteiger charge is -2.02. The molecule has 0 atom stereocenters. The van der Waals surface area contributed by atoms with Crippen LogP contribution in [0.15, 0.2) is 54.6 Å². The van der Waals surface area contributed by atoms with E-state index in [2.05, 4.69) is 0 Å². The molecule has 0 spiro atoms. The van der Waals surface area contributed by atoms with Gasteiger partial charge in [0.05, 0.1) is 11.1 Å². The molecule has 0 unspecified atom stereocenters. The molecule has 4 nitrogen and oxygen atoms in total. The number of hydrogen-bond acceptors (Lipinski definition) is 3. The number of benzene rings is 2. The van der Waals surface area contributed by atoms with Crippen LogP contribution in [0.3, 0.4) is 0 Å². The van der Waals surface area contributed by atoms with Crippen LogP contribution in [0.2, 0.25) is 0 Å². The van der Waals surface area contributed by atoms with Crippen molar-refractivity contribution in [3.63, 3.8) is 0 Å². The number of fused-ring (bicyclic) bond motifs is 1. The first-order chi connectivity index (χ1) is 10.6. The van der Waals surface area contributed by atoms with Gasteiger partial charge in [-0.2, -0.15) is 0 Å². The Hall–Kier alpha value is -3.01. The third kappa shape index (κ3) is 2.35. The van der Waals surface area contributed by atoms with Crippen LogP contribution in [0.1, 0.15) is 36.6 Å². The summed E-state index contributed by atoms with van der Waals surface area (Å²) < 4.78 is 0. The van der Waals surface area contributed by atoms with Gasteiger partial charge in [-0.3, -0.25) is 19.3 Å². The summed E-state index contributed by atoms with van der Waals surface area (Å²) in [5.41, 5.74) is 1.94. The fourth-order valence-electron chi connectivity index (χ4n) is 2.35.